The van der Waals surface area contributed by atoms with Gasteiger partial charge < -0.3 is 9.47 Å². The van der Waals surface area contributed by atoms with E-state index in [9.17, 15) is 13.2 Å². The Hall–Kier alpha value is -1.16. The predicted molar refractivity (Wildman–Crippen MR) is 101 cm³/mol. The lowest BCUT2D eigenvalue weighted by molar-refractivity contribution is -0.134. The standard InChI is InChI=1S/C18H32N2O6S/c1-15(25-2)5-3-4-6-16-7-11-20(12-8-16)27(23,24)18(17(21)19-22)9-13-26-14-10-18/h16,22H,1,3-14H2,2H3,(H,19,21). The molecule has 0 aromatic heterocycles. The molecule has 2 N–H and O–H groups in total. The van der Waals surface area contributed by atoms with Crippen LogP contribution in [0.15, 0.2) is 12.3 Å². The van der Waals surface area contributed by atoms with Gasteiger partial charge in [-0.2, -0.15) is 0 Å². The molecule has 2 aliphatic rings. The third-order valence-corrected chi connectivity index (χ3v) is 8.46. The summed E-state index contributed by atoms with van der Waals surface area (Å²) >= 11 is 0. The van der Waals surface area contributed by atoms with E-state index in [1.54, 1.807) is 12.6 Å². The van der Waals surface area contributed by atoms with Crippen LogP contribution in [0.2, 0.25) is 0 Å². The summed E-state index contributed by atoms with van der Waals surface area (Å²) in [7, 11) is -2.24. The highest BCUT2D eigenvalue weighted by molar-refractivity contribution is 7.91. The Morgan fingerprint density at radius 3 is 2.48 bits per heavy atom. The predicted octanol–water partition coefficient (Wildman–Crippen LogP) is 1.80. The van der Waals surface area contributed by atoms with Crippen LogP contribution in [0, 0.1) is 5.92 Å². The van der Waals surface area contributed by atoms with Crippen LogP contribution in [0.1, 0.15) is 51.4 Å². The van der Waals surface area contributed by atoms with Crippen LogP contribution in [0.3, 0.4) is 0 Å². The molecule has 0 aromatic rings. The number of sulfonamides is 1. The fourth-order valence-electron chi connectivity index (χ4n) is 3.95. The summed E-state index contributed by atoms with van der Waals surface area (Å²) in [5.74, 6) is 0.427. The van der Waals surface area contributed by atoms with Crippen molar-refractivity contribution in [3.63, 3.8) is 0 Å². The number of hydroxylamine groups is 1. The second kappa shape index (κ2) is 9.86. The summed E-state index contributed by atoms with van der Waals surface area (Å²) in [4.78, 5) is 12.3. The van der Waals surface area contributed by atoms with Gasteiger partial charge >= 0.3 is 0 Å². The van der Waals surface area contributed by atoms with Crippen LogP contribution < -0.4 is 5.48 Å². The van der Waals surface area contributed by atoms with Gasteiger partial charge in [0.15, 0.2) is 4.75 Å². The highest BCUT2D eigenvalue weighted by Gasteiger charge is 2.54. The smallest absolute Gasteiger partial charge is 0.266 e. The number of hydrogen-bond donors (Lipinski definition) is 2. The Balaban J connectivity index is 1.91. The highest BCUT2D eigenvalue weighted by Crippen LogP contribution is 2.35. The molecule has 0 bridgehead atoms. The van der Waals surface area contributed by atoms with Crippen molar-refractivity contribution in [2.75, 3.05) is 33.4 Å². The second-order valence-electron chi connectivity index (χ2n) is 7.38. The maximum absolute atomic E-state index is 13.2. The Bertz CT molecular complexity index is 607. The number of nitrogens with one attached hydrogen (secondary N) is 1. The highest BCUT2D eigenvalue weighted by atomic mass is 32.2. The number of unbranched alkanes of at least 4 members (excludes halogenated alkanes) is 1. The molecular weight excluding hydrogens is 372 g/mol. The van der Waals surface area contributed by atoms with Crippen molar-refractivity contribution < 1.29 is 27.9 Å². The third kappa shape index (κ3) is 5.01. The molecule has 27 heavy (non-hydrogen) atoms. The van der Waals surface area contributed by atoms with Crippen molar-refractivity contribution in [3.8, 4) is 0 Å². The van der Waals surface area contributed by atoms with Crippen LogP contribution >= 0.6 is 0 Å². The Kier molecular flexibility index (Phi) is 8.08. The first kappa shape index (κ1) is 22.1. The van der Waals surface area contributed by atoms with Gasteiger partial charge in [-0.05, 0) is 25.2 Å². The van der Waals surface area contributed by atoms with Crippen LogP contribution in [0.25, 0.3) is 0 Å². The number of rotatable bonds is 9. The minimum absolute atomic E-state index is 0.0606. The maximum atomic E-state index is 13.2. The molecule has 8 nitrogen and oxygen atoms in total. The summed E-state index contributed by atoms with van der Waals surface area (Å²) in [6.07, 6.45) is 5.69. The van der Waals surface area contributed by atoms with E-state index in [2.05, 4.69) is 6.58 Å². The molecule has 9 heteroatoms. The molecule has 2 saturated heterocycles. The number of ether oxygens (including phenoxy) is 2. The molecule has 0 aliphatic carbocycles. The van der Waals surface area contributed by atoms with E-state index in [0.29, 0.717) is 19.0 Å². The van der Waals surface area contributed by atoms with Gasteiger partial charge in [0.1, 0.15) is 0 Å². The van der Waals surface area contributed by atoms with Crippen LogP contribution in [0.4, 0.5) is 0 Å². The molecule has 1 amide bonds. The third-order valence-electron chi connectivity index (χ3n) is 5.83. The van der Waals surface area contributed by atoms with Gasteiger partial charge in [0.05, 0.1) is 12.9 Å². The zero-order valence-electron chi connectivity index (χ0n) is 16.1. The van der Waals surface area contributed by atoms with Crippen LogP contribution in [-0.4, -0.2) is 62.0 Å². The summed E-state index contributed by atoms with van der Waals surface area (Å²) in [6.45, 7) is 5.02. The number of piperidine rings is 1. The minimum atomic E-state index is -3.87. The van der Waals surface area contributed by atoms with E-state index < -0.39 is 20.7 Å². The molecule has 156 valence electrons. The first-order valence-corrected chi connectivity index (χ1v) is 11.0. The Morgan fingerprint density at radius 1 is 1.30 bits per heavy atom. The summed E-state index contributed by atoms with van der Waals surface area (Å²) in [5, 5.41) is 9.09. The van der Waals surface area contributed by atoms with Gasteiger partial charge in [-0.3, -0.25) is 10.0 Å². The lowest BCUT2D eigenvalue weighted by Crippen LogP contribution is -2.60. The number of methoxy groups -OCH3 is 1. The van der Waals surface area contributed by atoms with Gasteiger partial charge in [0.2, 0.25) is 10.0 Å². The Morgan fingerprint density at radius 2 is 1.93 bits per heavy atom. The zero-order valence-corrected chi connectivity index (χ0v) is 16.9. The maximum Gasteiger partial charge on any atom is 0.266 e. The number of hydrogen-bond acceptors (Lipinski definition) is 6. The Labute approximate surface area is 161 Å². The molecular formula is C18H32N2O6S. The van der Waals surface area contributed by atoms with Crippen molar-refractivity contribution in [1.82, 2.24) is 9.79 Å². The molecule has 2 fully saturated rings. The number of carbonyl (C=O) groups is 1. The van der Waals surface area contributed by atoms with Gasteiger partial charge in [-0.25, -0.2) is 18.2 Å². The lowest BCUT2D eigenvalue weighted by Gasteiger charge is -2.40. The van der Waals surface area contributed by atoms with Crippen molar-refractivity contribution in [3.05, 3.63) is 12.3 Å². The topological polar surface area (TPSA) is 105 Å². The molecule has 0 unspecified atom stereocenters. The van der Waals surface area contributed by atoms with E-state index in [1.807, 2.05) is 0 Å². The molecule has 2 heterocycles. The summed E-state index contributed by atoms with van der Waals surface area (Å²) in [5.41, 5.74) is 1.56. The van der Waals surface area contributed by atoms with Crippen molar-refractivity contribution >= 4 is 15.9 Å². The largest absolute Gasteiger partial charge is 0.502 e. The van der Waals surface area contributed by atoms with Crippen LogP contribution in [0.5, 0.6) is 0 Å². The van der Waals surface area contributed by atoms with E-state index in [1.165, 1.54) is 4.31 Å². The first-order valence-electron chi connectivity index (χ1n) is 9.61. The van der Waals surface area contributed by atoms with Gasteiger partial charge in [-0.1, -0.05) is 19.4 Å². The SMILES string of the molecule is C=C(CCCCC1CCN(S(=O)(=O)C2(C(=O)NO)CCOCC2)CC1)OC. The van der Waals surface area contributed by atoms with E-state index in [0.717, 1.165) is 44.3 Å². The van der Waals surface area contributed by atoms with Crippen molar-refractivity contribution in [2.24, 2.45) is 5.92 Å². The van der Waals surface area contributed by atoms with Crippen molar-refractivity contribution in [2.45, 2.75) is 56.1 Å². The molecule has 0 aromatic carbocycles. The molecule has 0 spiro atoms. The van der Waals surface area contributed by atoms with Gasteiger partial charge in [0, 0.05) is 45.6 Å². The average Bonchev–Trinajstić information content (AvgIpc) is 2.71. The van der Waals surface area contributed by atoms with E-state index >= 15 is 0 Å². The quantitative estimate of drug-likeness (QED) is 0.263. The molecule has 2 aliphatic heterocycles. The van der Waals surface area contributed by atoms with E-state index in [-0.39, 0.29) is 26.1 Å². The monoisotopic (exact) mass is 404 g/mol. The lowest BCUT2D eigenvalue weighted by atomic mass is 9.92. The molecule has 0 saturated carbocycles. The zero-order chi connectivity index (χ0) is 19.9. The normalized spacial score (nSPS) is 21.6. The number of carbonyl (C=O) groups excluding carboxylic acids is 1. The fraction of sp³-hybridized carbons (Fsp3) is 0.833. The number of nitrogens with zero attached hydrogens (tertiary/aromatic N) is 1. The van der Waals surface area contributed by atoms with Crippen molar-refractivity contribution in [1.29, 1.82) is 0 Å². The number of allylic oxidation sites excluding steroid dienone is 1. The molecule has 0 atom stereocenters. The minimum Gasteiger partial charge on any atom is -0.502 e. The average molecular weight is 405 g/mol. The summed E-state index contributed by atoms with van der Waals surface area (Å²) in [6, 6.07) is 0. The summed E-state index contributed by atoms with van der Waals surface area (Å²) < 4.78 is 36.5. The van der Waals surface area contributed by atoms with E-state index in [4.69, 9.17) is 14.7 Å². The first-order chi connectivity index (χ1) is 12.9. The van der Waals surface area contributed by atoms with Crippen LogP contribution in [-0.2, 0) is 24.3 Å². The fourth-order valence-corrected chi connectivity index (χ4v) is 6.10. The second-order valence-corrected chi connectivity index (χ2v) is 9.63. The molecule has 0 radical (unpaired) electrons. The molecule has 2 rings (SSSR count). The van der Waals surface area contributed by atoms with Gasteiger partial charge in [-0.15, -0.1) is 0 Å². The van der Waals surface area contributed by atoms with Gasteiger partial charge in [0.25, 0.3) is 5.91 Å². The number of amides is 1.